The van der Waals surface area contributed by atoms with Crippen LogP contribution in [0, 0.1) is 0 Å². The van der Waals surface area contributed by atoms with Gasteiger partial charge < -0.3 is 5.11 Å². The van der Waals surface area contributed by atoms with Crippen LogP contribution in [0.25, 0.3) is 0 Å². The summed E-state index contributed by atoms with van der Waals surface area (Å²) in [5.74, 6) is 0. The molecule has 3 nitrogen and oxygen atoms in total. The monoisotopic (exact) mass is 278 g/mol. The minimum Gasteiger partial charge on any atom is -0.384 e. The second kappa shape index (κ2) is 5.88. The van der Waals surface area contributed by atoms with Crippen LogP contribution in [0.15, 0.2) is 29.8 Å². The predicted molar refractivity (Wildman–Crippen MR) is 79.4 cm³/mol. The van der Waals surface area contributed by atoms with Crippen molar-refractivity contribution in [1.82, 2.24) is 9.78 Å². The molecule has 2 aromatic rings. The number of rotatable bonds is 6. The van der Waals surface area contributed by atoms with Gasteiger partial charge in [0, 0.05) is 17.5 Å². The van der Waals surface area contributed by atoms with E-state index in [1.807, 2.05) is 41.4 Å². The molecule has 0 aliphatic heterocycles. The highest BCUT2D eigenvalue weighted by atomic mass is 32.1. The normalized spacial score (nSPS) is 14.8. The second-order valence-electron chi connectivity index (χ2n) is 5.19. The Labute approximate surface area is 118 Å². The van der Waals surface area contributed by atoms with E-state index in [2.05, 4.69) is 18.9 Å². The third-order valence-corrected chi connectivity index (χ3v) is 4.68. The molecule has 0 aromatic carbocycles. The van der Waals surface area contributed by atoms with Crippen LogP contribution in [0.1, 0.15) is 50.2 Å². The first-order chi connectivity index (χ1) is 9.06. The average molecular weight is 278 g/mol. The molecule has 2 aromatic heterocycles. The summed E-state index contributed by atoms with van der Waals surface area (Å²) in [5, 5.41) is 17.2. The molecular formula is C15H22N2OS. The van der Waals surface area contributed by atoms with E-state index in [9.17, 15) is 5.11 Å². The van der Waals surface area contributed by atoms with Gasteiger partial charge in [-0.05, 0) is 37.3 Å². The van der Waals surface area contributed by atoms with Gasteiger partial charge in [0.05, 0.1) is 11.7 Å². The summed E-state index contributed by atoms with van der Waals surface area (Å²) in [7, 11) is 0. The van der Waals surface area contributed by atoms with Gasteiger partial charge in [-0.25, -0.2) is 0 Å². The fourth-order valence-corrected chi connectivity index (χ4v) is 3.15. The lowest BCUT2D eigenvalue weighted by atomic mass is 9.98. The molecular weight excluding hydrogens is 256 g/mol. The number of aromatic nitrogens is 2. The molecule has 104 valence electrons. The minimum absolute atomic E-state index is 0.459. The maximum atomic E-state index is 10.6. The zero-order valence-corrected chi connectivity index (χ0v) is 12.7. The molecule has 2 heterocycles. The highest BCUT2D eigenvalue weighted by Crippen LogP contribution is 2.28. The molecule has 4 heteroatoms. The Hall–Kier alpha value is -1.13. The topological polar surface area (TPSA) is 38.0 Å². The summed E-state index contributed by atoms with van der Waals surface area (Å²) in [6, 6.07) is 6.42. The maximum absolute atomic E-state index is 10.6. The van der Waals surface area contributed by atoms with Gasteiger partial charge in [-0.3, -0.25) is 4.68 Å². The summed E-state index contributed by atoms with van der Waals surface area (Å²) in [6.07, 6.45) is 4.75. The van der Waals surface area contributed by atoms with E-state index < -0.39 is 5.60 Å². The smallest absolute Gasteiger partial charge is 0.102 e. The largest absolute Gasteiger partial charge is 0.384 e. The SMILES string of the molecule is CCC(CC)n1ccc(CC(C)(O)c2cccs2)n1. The third-order valence-electron chi connectivity index (χ3n) is 3.56. The lowest BCUT2D eigenvalue weighted by molar-refractivity contribution is 0.0602. The van der Waals surface area contributed by atoms with Crippen molar-refractivity contribution >= 4 is 11.3 Å². The Morgan fingerprint density at radius 2 is 2.11 bits per heavy atom. The van der Waals surface area contributed by atoms with Crippen LogP contribution in [-0.2, 0) is 12.0 Å². The number of aliphatic hydroxyl groups is 1. The van der Waals surface area contributed by atoms with Crippen LogP contribution in [-0.4, -0.2) is 14.9 Å². The molecule has 0 spiro atoms. The molecule has 0 aliphatic rings. The van der Waals surface area contributed by atoms with Crippen LogP contribution in [0.5, 0.6) is 0 Å². The van der Waals surface area contributed by atoms with Gasteiger partial charge in [0.25, 0.3) is 0 Å². The highest BCUT2D eigenvalue weighted by Gasteiger charge is 2.26. The van der Waals surface area contributed by atoms with Crippen molar-refractivity contribution in [2.45, 2.75) is 51.7 Å². The lowest BCUT2D eigenvalue weighted by Crippen LogP contribution is -2.23. The zero-order valence-electron chi connectivity index (χ0n) is 11.8. The minimum atomic E-state index is -0.832. The van der Waals surface area contributed by atoms with E-state index in [0.717, 1.165) is 23.4 Å². The number of hydrogen-bond donors (Lipinski definition) is 1. The Morgan fingerprint density at radius 1 is 1.37 bits per heavy atom. The van der Waals surface area contributed by atoms with Crippen molar-refractivity contribution in [2.75, 3.05) is 0 Å². The van der Waals surface area contributed by atoms with E-state index in [4.69, 9.17) is 0 Å². The molecule has 0 amide bonds. The second-order valence-corrected chi connectivity index (χ2v) is 6.13. The molecule has 1 N–H and O–H groups in total. The zero-order chi connectivity index (χ0) is 13.9. The van der Waals surface area contributed by atoms with Crippen LogP contribution >= 0.6 is 11.3 Å². The van der Waals surface area contributed by atoms with E-state index >= 15 is 0 Å². The summed E-state index contributed by atoms with van der Waals surface area (Å²) >= 11 is 1.59. The summed E-state index contributed by atoms with van der Waals surface area (Å²) < 4.78 is 2.03. The van der Waals surface area contributed by atoms with Crippen LogP contribution < -0.4 is 0 Å². The number of nitrogens with zero attached hydrogens (tertiary/aromatic N) is 2. The van der Waals surface area contributed by atoms with Gasteiger partial charge in [-0.15, -0.1) is 11.3 Å². The molecule has 2 rings (SSSR count). The van der Waals surface area contributed by atoms with E-state index in [1.165, 1.54) is 0 Å². The highest BCUT2D eigenvalue weighted by molar-refractivity contribution is 7.10. The van der Waals surface area contributed by atoms with E-state index in [0.29, 0.717) is 12.5 Å². The molecule has 0 saturated carbocycles. The van der Waals surface area contributed by atoms with E-state index in [1.54, 1.807) is 11.3 Å². The third kappa shape index (κ3) is 3.25. The van der Waals surface area contributed by atoms with Crippen molar-refractivity contribution in [3.8, 4) is 0 Å². The van der Waals surface area contributed by atoms with Crippen molar-refractivity contribution in [3.05, 3.63) is 40.3 Å². The molecule has 1 atom stereocenters. The average Bonchev–Trinajstić information content (AvgIpc) is 3.01. The molecule has 1 unspecified atom stereocenters. The van der Waals surface area contributed by atoms with Gasteiger partial charge >= 0.3 is 0 Å². The van der Waals surface area contributed by atoms with Gasteiger partial charge in [0.15, 0.2) is 0 Å². The van der Waals surface area contributed by atoms with Crippen LogP contribution in [0.3, 0.4) is 0 Å². The number of hydrogen-bond acceptors (Lipinski definition) is 3. The summed E-state index contributed by atoms with van der Waals surface area (Å²) in [4.78, 5) is 0.990. The maximum Gasteiger partial charge on any atom is 0.102 e. The molecule has 0 bridgehead atoms. The van der Waals surface area contributed by atoms with Crippen LogP contribution in [0.2, 0.25) is 0 Å². The number of thiophene rings is 1. The Kier molecular flexibility index (Phi) is 4.42. The molecule has 0 saturated heterocycles. The molecule has 19 heavy (non-hydrogen) atoms. The van der Waals surface area contributed by atoms with Crippen LogP contribution in [0.4, 0.5) is 0 Å². The van der Waals surface area contributed by atoms with Crippen molar-refractivity contribution in [1.29, 1.82) is 0 Å². The van der Waals surface area contributed by atoms with Crippen molar-refractivity contribution < 1.29 is 5.11 Å². The van der Waals surface area contributed by atoms with Gasteiger partial charge in [0.2, 0.25) is 0 Å². The Morgan fingerprint density at radius 3 is 2.68 bits per heavy atom. The van der Waals surface area contributed by atoms with Crippen molar-refractivity contribution in [3.63, 3.8) is 0 Å². The van der Waals surface area contributed by atoms with Gasteiger partial charge in [-0.1, -0.05) is 19.9 Å². The van der Waals surface area contributed by atoms with E-state index in [-0.39, 0.29) is 0 Å². The fourth-order valence-electron chi connectivity index (χ4n) is 2.36. The van der Waals surface area contributed by atoms with Gasteiger partial charge in [0.1, 0.15) is 5.60 Å². The first-order valence-electron chi connectivity index (χ1n) is 6.87. The Bertz CT molecular complexity index is 498. The first-order valence-corrected chi connectivity index (χ1v) is 7.75. The van der Waals surface area contributed by atoms with Gasteiger partial charge in [-0.2, -0.15) is 5.10 Å². The molecule has 0 fully saturated rings. The molecule has 0 aliphatic carbocycles. The quantitative estimate of drug-likeness (QED) is 0.873. The molecule has 0 radical (unpaired) electrons. The predicted octanol–water partition coefficient (Wildman–Crippen LogP) is 3.76. The lowest BCUT2D eigenvalue weighted by Gasteiger charge is -2.20. The fraction of sp³-hybridized carbons (Fsp3) is 0.533. The van der Waals surface area contributed by atoms with Crippen molar-refractivity contribution in [2.24, 2.45) is 0 Å². The summed E-state index contributed by atoms with van der Waals surface area (Å²) in [5.41, 5.74) is 0.117. The first kappa shape index (κ1) is 14.3. The Balaban J connectivity index is 2.12. The summed E-state index contributed by atoms with van der Waals surface area (Å²) in [6.45, 7) is 6.21. The standard InChI is InChI=1S/C15H22N2OS/c1-4-13(5-2)17-9-8-12(16-17)11-15(3,18)14-7-6-10-19-14/h6-10,13,18H,4-5,11H2,1-3H3.